The van der Waals surface area contributed by atoms with E-state index >= 15 is 0 Å². The van der Waals surface area contributed by atoms with Crippen LogP contribution in [0.1, 0.15) is 22.3 Å². The Bertz CT molecular complexity index is 5660. The highest BCUT2D eigenvalue weighted by Crippen LogP contribution is 2.67. The molecule has 105 heavy (non-hydrogen) atoms. The smallest absolute Gasteiger partial charge is 0.244 e. The first-order valence-corrected chi connectivity index (χ1v) is 42.2. The second-order valence-corrected chi connectivity index (χ2v) is 38.3. The maximum absolute atomic E-state index is 2.93. The minimum atomic E-state index is -2.93. The molecule has 488 valence electrons. The van der Waals surface area contributed by atoms with Crippen molar-refractivity contribution in [1.29, 1.82) is 0 Å². The summed E-state index contributed by atoms with van der Waals surface area (Å²) < 4.78 is 0. The van der Waals surface area contributed by atoms with Crippen molar-refractivity contribution in [3.63, 3.8) is 0 Å². The van der Waals surface area contributed by atoms with E-state index in [-0.39, 0.29) is 13.4 Å². The summed E-state index contributed by atoms with van der Waals surface area (Å²) in [5, 5.41) is 11.0. The molecule has 22 rings (SSSR count). The van der Waals surface area contributed by atoms with Gasteiger partial charge in [0.1, 0.15) is 0 Å². The third kappa shape index (κ3) is 8.48. The van der Waals surface area contributed by atoms with Crippen LogP contribution < -0.4 is 84.1 Å². The van der Waals surface area contributed by atoms with E-state index < -0.39 is 21.6 Å². The van der Waals surface area contributed by atoms with Crippen LogP contribution in [0, 0.1) is 0 Å². The first-order chi connectivity index (χ1) is 52.1. The maximum atomic E-state index is 2.62. The highest BCUT2D eigenvalue weighted by molar-refractivity contribution is 8.00. The third-order valence-electron chi connectivity index (χ3n) is 23.8. The van der Waals surface area contributed by atoms with Gasteiger partial charge in [-0.3, -0.25) is 0 Å². The Hall–Kier alpha value is -11.6. The number of hydrogen-bond acceptors (Lipinski definition) is 4. The van der Waals surface area contributed by atoms with E-state index in [1.165, 1.54) is 161 Å². The lowest BCUT2D eigenvalue weighted by atomic mass is 9.36. The molecule has 0 unspecified atom stereocenters. The minimum Gasteiger partial charge on any atom is -0.311 e. The Morgan fingerprint density at radius 2 is 0.533 bits per heavy atom. The second-order valence-electron chi connectivity index (χ2n) is 28.7. The summed E-state index contributed by atoms with van der Waals surface area (Å²) in [5.41, 5.74) is 24.9. The van der Waals surface area contributed by atoms with Gasteiger partial charge in [0, 0.05) is 64.8 Å². The standard InChI is InChI=1S/C97H64B2N2S2Si2/c1-7-31-65(32-8-1)98-79-43-19-25-49-87(79)102-95-81(98)61-59-77-93(95)73-63-67(100-83-45-21-27-51-89(83)104(69-35-11-3-12-36-69,70-37-13-4-14-38-70)90-52-28-22-46-84(90)100)55-57-75(73)97(77)76-58-56-68(64-74(76)94-78(97)60-62-82-96(94)103-88-50-26-20-44-80(88)99(82)66-33-9-2-10-34-66)101-85-47-23-29-53-91(85)105(71-39-15-5-16-40-71,72-41-17-6-18-42-72)92-54-30-24-48-86(92)101/h1-64H. The molecule has 0 radical (unpaired) electrons. The van der Waals surface area contributed by atoms with Crippen molar-refractivity contribution in [2.45, 2.75) is 25.0 Å². The van der Waals surface area contributed by atoms with Crippen LogP contribution >= 0.6 is 23.5 Å². The molecule has 0 fully saturated rings. The first-order valence-electron chi connectivity index (χ1n) is 36.6. The van der Waals surface area contributed by atoms with Gasteiger partial charge >= 0.3 is 0 Å². The lowest BCUT2D eigenvalue weighted by molar-refractivity contribution is 0.792. The van der Waals surface area contributed by atoms with Gasteiger partial charge in [-0.2, -0.15) is 0 Å². The fourth-order valence-corrected chi connectivity index (χ4v) is 32.7. The number of anilines is 6. The minimum absolute atomic E-state index is 0.0204. The zero-order valence-electron chi connectivity index (χ0n) is 57.3. The van der Waals surface area contributed by atoms with E-state index in [0.717, 1.165) is 11.4 Å². The van der Waals surface area contributed by atoms with Crippen molar-refractivity contribution in [3.05, 3.63) is 411 Å². The fourth-order valence-electron chi connectivity index (χ4n) is 19.9. The van der Waals surface area contributed by atoms with E-state index in [4.69, 9.17) is 0 Å². The maximum Gasteiger partial charge on any atom is 0.244 e. The molecular weight excluding hydrogens is 1340 g/mol. The molecule has 0 N–H and O–H groups in total. The van der Waals surface area contributed by atoms with Crippen LogP contribution in [0.25, 0.3) is 22.3 Å². The number of hydrogen-bond donors (Lipinski definition) is 0. The largest absolute Gasteiger partial charge is 0.311 e. The van der Waals surface area contributed by atoms with Crippen molar-refractivity contribution in [3.8, 4) is 22.3 Å². The lowest BCUT2D eigenvalue weighted by Gasteiger charge is -2.45. The molecule has 0 amide bonds. The van der Waals surface area contributed by atoms with E-state index in [0.29, 0.717) is 0 Å². The summed E-state index contributed by atoms with van der Waals surface area (Å²) >= 11 is 3.94. The average Bonchev–Trinajstić information content (AvgIpc) is 1.55. The number of rotatable bonds is 8. The molecule has 1 spiro atoms. The highest BCUT2D eigenvalue weighted by atomic mass is 32.2. The number of fused-ring (bicyclic) bond motifs is 20. The van der Waals surface area contributed by atoms with Gasteiger partial charge in [-0.15, -0.1) is 0 Å². The molecule has 4 aliphatic heterocycles. The lowest BCUT2D eigenvalue weighted by Crippen LogP contribution is -2.77. The van der Waals surface area contributed by atoms with Crippen LogP contribution in [0.3, 0.4) is 0 Å². The molecule has 2 aliphatic carbocycles. The third-order valence-corrected chi connectivity index (χ3v) is 36.0. The van der Waals surface area contributed by atoms with Crippen LogP contribution in [0.2, 0.25) is 0 Å². The topological polar surface area (TPSA) is 6.48 Å². The second kappa shape index (κ2) is 23.7. The summed E-state index contributed by atoms with van der Waals surface area (Å²) in [4.78, 5) is 10.5. The normalized spacial score (nSPS) is 14.9. The molecule has 6 aliphatic rings. The van der Waals surface area contributed by atoms with Crippen molar-refractivity contribution in [2.24, 2.45) is 0 Å². The van der Waals surface area contributed by atoms with Gasteiger partial charge in [0.15, 0.2) is 16.1 Å². The van der Waals surface area contributed by atoms with Crippen molar-refractivity contribution in [1.82, 2.24) is 0 Å². The molecule has 0 bridgehead atoms. The van der Waals surface area contributed by atoms with Crippen LogP contribution in [0.15, 0.2) is 408 Å². The van der Waals surface area contributed by atoms with Crippen LogP contribution in [0.5, 0.6) is 0 Å². The Morgan fingerprint density at radius 3 is 0.876 bits per heavy atom. The number of para-hydroxylation sites is 4. The number of nitrogens with zero attached hydrogens (tertiary/aromatic N) is 2. The van der Waals surface area contributed by atoms with Gasteiger partial charge in [-0.25, -0.2) is 0 Å². The zero-order chi connectivity index (χ0) is 69.0. The van der Waals surface area contributed by atoms with Gasteiger partial charge in [0.25, 0.3) is 0 Å². The van der Waals surface area contributed by atoms with E-state index in [1.807, 2.05) is 23.5 Å². The Kier molecular flexibility index (Phi) is 13.8. The molecule has 4 heterocycles. The quantitative estimate of drug-likeness (QED) is 0.140. The first kappa shape index (κ1) is 60.9. The SMILES string of the molecule is c1ccc(B2c3ccccc3Sc3c2ccc2c3-c3cc(N4c5ccccc5[Si](c5ccccc5)(c5ccccc5)c5ccccc54)ccc3C23c2ccc(N4c5ccccc5[Si](c5ccccc5)(c5ccccc5)c5ccccc54)cc2-c2c3ccc3c2Sc2ccccc2B3c2ccccc2)cc1. The summed E-state index contributed by atoms with van der Waals surface area (Å²) in [6.07, 6.45) is 0. The summed E-state index contributed by atoms with van der Waals surface area (Å²) in [6.45, 7) is 0.0408. The monoisotopic (exact) mass is 1400 g/mol. The highest BCUT2D eigenvalue weighted by Gasteiger charge is 2.57. The summed E-state index contributed by atoms with van der Waals surface area (Å²) in [7, 11) is -5.87. The molecule has 0 saturated carbocycles. The Labute approximate surface area is 624 Å². The average molecular weight is 1400 g/mol. The predicted octanol–water partition coefficient (Wildman–Crippen LogP) is 14.3. The van der Waals surface area contributed by atoms with Crippen LogP contribution in [-0.2, 0) is 5.41 Å². The molecule has 0 saturated heterocycles. The fraction of sp³-hybridized carbons (Fsp3) is 0.0103. The number of benzene rings is 16. The van der Waals surface area contributed by atoms with Gasteiger partial charge < -0.3 is 9.80 Å². The molecule has 16 aromatic rings. The van der Waals surface area contributed by atoms with Crippen molar-refractivity contribution >= 4 is 161 Å². The Morgan fingerprint density at radius 1 is 0.248 bits per heavy atom. The summed E-state index contributed by atoms with van der Waals surface area (Å²) in [6, 6.07) is 150. The zero-order valence-corrected chi connectivity index (χ0v) is 60.9. The van der Waals surface area contributed by atoms with Gasteiger partial charge in [-0.05, 0) is 136 Å². The Balaban J connectivity index is 0.834. The van der Waals surface area contributed by atoms with Gasteiger partial charge in [-0.1, -0.05) is 384 Å². The van der Waals surface area contributed by atoms with Crippen LogP contribution in [-0.4, -0.2) is 29.6 Å². The molecule has 16 aromatic carbocycles. The van der Waals surface area contributed by atoms with Crippen molar-refractivity contribution in [2.75, 3.05) is 9.80 Å². The van der Waals surface area contributed by atoms with Gasteiger partial charge in [0.05, 0.1) is 5.41 Å². The van der Waals surface area contributed by atoms with E-state index in [2.05, 4.69) is 398 Å². The summed E-state index contributed by atoms with van der Waals surface area (Å²) in [5.74, 6) is 0. The van der Waals surface area contributed by atoms with Gasteiger partial charge in [0.2, 0.25) is 13.4 Å². The van der Waals surface area contributed by atoms with E-state index in [9.17, 15) is 0 Å². The molecule has 0 aromatic heterocycles. The predicted molar refractivity (Wildman–Crippen MR) is 450 cm³/mol. The molecule has 8 heteroatoms. The molecule has 0 atom stereocenters. The van der Waals surface area contributed by atoms with Crippen LogP contribution in [0.4, 0.5) is 34.1 Å². The van der Waals surface area contributed by atoms with E-state index in [1.54, 1.807) is 0 Å². The van der Waals surface area contributed by atoms with Crippen molar-refractivity contribution < 1.29 is 0 Å². The molecular formula is C97H64B2N2S2Si2. The molecule has 2 nitrogen and oxygen atoms in total.